The molecule has 0 saturated carbocycles. The van der Waals surface area contributed by atoms with Crippen LogP contribution in [0.2, 0.25) is 15.1 Å². The summed E-state index contributed by atoms with van der Waals surface area (Å²) in [7, 11) is 0. The smallest absolute Gasteiger partial charge is 0.299 e. The van der Waals surface area contributed by atoms with Crippen molar-refractivity contribution in [2.24, 2.45) is 0 Å². The highest BCUT2D eigenvalue weighted by molar-refractivity contribution is 6.52. The number of anilines is 1. The van der Waals surface area contributed by atoms with E-state index >= 15 is 0 Å². The van der Waals surface area contributed by atoms with Gasteiger partial charge in [0.2, 0.25) is 0 Å². The number of carbonyl (C=O) groups is 2. The highest BCUT2D eigenvalue weighted by Gasteiger charge is 2.35. The molecular weight excluding hydrogens is 361 g/mol. The van der Waals surface area contributed by atoms with E-state index in [0.29, 0.717) is 32.1 Å². The average molecular weight is 371 g/mol. The normalized spacial score (nSPS) is 13.4. The molecule has 1 heterocycles. The van der Waals surface area contributed by atoms with Gasteiger partial charge in [-0.1, -0.05) is 34.8 Å². The Labute approximate surface area is 147 Å². The number of hydrogen-bond acceptors (Lipinski definition) is 3. The number of ketones is 1. The lowest BCUT2D eigenvalue weighted by Crippen LogP contribution is -2.33. The average Bonchev–Trinajstić information content (AvgIpc) is 2.71. The lowest BCUT2D eigenvalue weighted by atomic mass is 10.1. The first-order valence-electron chi connectivity index (χ1n) is 6.70. The monoisotopic (exact) mass is 369 g/mol. The fourth-order valence-corrected chi connectivity index (χ4v) is 3.04. The van der Waals surface area contributed by atoms with Crippen LogP contribution in [-0.2, 0) is 4.79 Å². The fourth-order valence-electron chi connectivity index (χ4n) is 2.36. The zero-order valence-corrected chi connectivity index (χ0v) is 14.0. The molecule has 4 nitrogen and oxygen atoms in total. The van der Waals surface area contributed by atoms with Crippen LogP contribution < -0.4 is 9.64 Å². The second-order valence-electron chi connectivity index (χ2n) is 4.90. The molecule has 0 N–H and O–H groups in total. The van der Waals surface area contributed by atoms with E-state index in [9.17, 15) is 9.59 Å². The van der Waals surface area contributed by atoms with E-state index in [1.54, 1.807) is 30.3 Å². The second-order valence-corrected chi connectivity index (χ2v) is 6.21. The number of amides is 1. The number of nitrogens with zero attached hydrogens (tertiary/aromatic N) is 1. The summed E-state index contributed by atoms with van der Waals surface area (Å²) < 4.78 is 5.55. The van der Waals surface area contributed by atoms with E-state index in [2.05, 4.69) is 0 Å². The van der Waals surface area contributed by atoms with Crippen LogP contribution in [-0.4, -0.2) is 24.8 Å². The summed E-state index contributed by atoms with van der Waals surface area (Å²) in [4.78, 5) is 25.4. The molecule has 118 valence electrons. The van der Waals surface area contributed by atoms with Crippen LogP contribution in [0, 0.1) is 0 Å². The van der Waals surface area contributed by atoms with E-state index in [1.807, 2.05) is 0 Å². The summed E-state index contributed by atoms with van der Waals surface area (Å²) in [5.74, 6) is -0.653. The van der Waals surface area contributed by atoms with Crippen LogP contribution in [0.3, 0.4) is 0 Å². The Hall–Kier alpha value is -1.75. The molecular formula is C16H10Cl3NO3. The standard InChI is InChI=1S/C16H10Cl3NO3/c17-9-1-2-14-13(8-9)15(21)16(22)20(14)3-4-23-12-6-10(18)5-11(19)7-12/h1-2,5-8H,3-4H2. The number of hydrogen-bond donors (Lipinski definition) is 0. The predicted octanol–water partition coefficient (Wildman–Crippen LogP) is 4.26. The Morgan fingerprint density at radius 2 is 1.61 bits per heavy atom. The quantitative estimate of drug-likeness (QED) is 0.756. The maximum Gasteiger partial charge on any atom is 0.299 e. The lowest BCUT2D eigenvalue weighted by Gasteiger charge is -2.17. The molecule has 7 heteroatoms. The van der Waals surface area contributed by atoms with E-state index in [1.165, 1.54) is 11.0 Å². The third-order valence-corrected chi connectivity index (χ3v) is 4.02. The van der Waals surface area contributed by atoms with Crippen LogP contribution in [0.4, 0.5) is 5.69 Å². The molecule has 0 radical (unpaired) electrons. The van der Waals surface area contributed by atoms with Gasteiger partial charge in [-0.2, -0.15) is 0 Å². The minimum Gasteiger partial charge on any atom is -0.492 e. The Morgan fingerprint density at radius 3 is 2.30 bits per heavy atom. The molecule has 0 aliphatic carbocycles. The number of Topliss-reactive ketones (excluding diaryl/α,β-unsaturated/α-hetero) is 1. The molecule has 1 amide bonds. The topological polar surface area (TPSA) is 46.6 Å². The molecule has 0 fully saturated rings. The second kappa shape index (κ2) is 6.40. The van der Waals surface area contributed by atoms with Crippen LogP contribution in [0.15, 0.2) is 36.4 Å². The molecule has 0 aromatic heterocycles. The highest BCUT2D eigenvalue weighted by atomic mass is 35.5. The van der Waals surface area contributed by atoms with E-state index in [-0.39, 0.29) is 13.2 Å². The molecule has 2 aromatic carbocycles. The summed E-state index contributed by atoms with van der Waals surface area (Å²) in [5, 5.41) is 1.33. The van der Waals surface area contributed by atoms with Gasteiger partial charge >= 0.3 is 0 Å². The molecule has 2 aromatic rings. The fraction of sp³-hybridized carbons (Fsp3) is 0.125. The summed E-state index contributed by atoms with van der Waals surface area (Å²) in [6.07, 6.45) is 0. The zero-order chi connectivity index (χ0) is 16.6. The van der Waals surface area contributed by atoms with Gasteiger partial charge in [0.1, 0.15) is 12.4 Å². The first kappa shape index (κ1) is 16.1. The van der Waals surface area contributed by atoms with Gasteiger partial charge in [-0.25, -0.2) is 0 Å². The van der Waals surface area contributed by atoms with Gasteiger partial charge in [0.25, 0.3) is 11.7 Å². The summed E-state index contributed by atoms with van der Waals surface area (Å²) >= 11 is 17.7. The number of halogens is 3. The van der Waals surface area contributed by atoms with Crippen LogP contribution in [0.25, 0.3) is 0 Å². The van der Waals surface area contributed by atoms with E-state index in [4.69, 9.17) is 39.5 Å². The van der Waals surface area contributed by atoms with E-state index < -0.39 is 11.7 Å². The molecule has 1 aliphatic rings. The minimum absolute atomic E-state index is 0.192. The molecule has 1 aliphatic heterocycles. The molecule has 0 bridgehead atoms. The molecule has 0 unspecified atom stereocenters. The summed E-state index contributed by atoms with van der Waals surface area (Å²) in [5.41, 5.74) is 0.852. The maximum atomic E-state index is 12.1. The highest BCUT2D eigenvalue weighted by Crippen LogP contribution is 2.31. The minimum atomic E-state index is -0.588. The molecule has 0 saturated heterocycles. The van der Waals surface area contributed by atoms with Crippen molar-refractivity contribution in [2.45, 2.75) is 0 Å². The van der Waals surface area contributed by atoms with Crippen LogP contribution in [0.5, 0.6) is 5.75 Å². The van der Waals surface area contributed by atoms with Gasteiger partial charge in [-0.05, 0) is 36.4 Å². The van der Waals surface area contributed by atoms with Crippen molar-refractivity contribution in [3.8, 4) is 5.75 Å². The first-order chi connectivity index (χ1) is 11.0. The number of rotatable bonds is 4. The molecule has 0 atom stereocenters. The van der Waals surface area contributed by atoms with Gasteiger partial charge in [0, 0.05) is 15.1 Å². The SMILES string of the molecule is O=C1C(=O)N(CCOc2cc(Cl)cc(Cl)c2)c2ccc(Cl)cc21. The maximum absolute atomic E-state index is 12.1. The molecule has 3 rings (SSSR count). The lowest BCUT2D eigenvalue weighted by molar-refractivity contribution is -0.114. The Bertz CT molecular complexity index is 787. The Kier molecular flexibility index (Phi) is 4.48. The van der Waals surface area contributed by atoms with Crippen molar-refractivity contribution >= 4 is 52.2 Å². The van der Waals surface area contributed by atoms with Gasteiger partial charge < -0.3 is 9.64 Å². The van der Waals surface area contributed by atoms with Crippen molar-refractivity contribution in [1.29, 1.82) is 0 Å². The van der Waals surface area contributed by atoms with Crippen molar-refractivity contribution in [3.63, 3.8) is 0 Å². The van der Waals surface area contributed by atoms with Crippen molar-refractivity contribution in [1.82, 2.24) is 0 Å². The number of benzene rings is 2. The van der Waals surface area contributed by atoms with Crippen molar-refractivity contribution < 1.29 is 14.3 Å². The molecule has 23 heavy (non-hydrogen) atoms. The van der Waals surface area contributed by atoms with Gasteiger partial charge in [-0.3, -0.25) is 9.59 Å². The Balaban J connectivity index is 1.72. The summed E-state index contributed by atoms with van der Waals surface area (Å²) in [6.45, 7) is 0.418. The van der Waals surface area contributed by atoms with Gasteiger partial charge in [0.15, 0.2) is 0 Å². The Morgan fingerprint density at radius 1 is 0.913 bits per heavy atom. The third-order valence-electron chi connectivity index (χ3n) is 3.35. The van der Waals surface area contributed by atoms with Crippen molar-refractivity contribution in [2.75, 3.05) is 18.1 Å². The number of carbonyl (C=O) groups excluding carboxylic acids is 2. The predicted molar refractivity (Wildman–Crippen MR) is 90.1 cm³/mol. The number of ether oxygens (including phenoxy) is 1. The molecule has 0 spiro atoms. The summed E-state index contributed by atoms with van der Waals surface area (Å²) in [6, 6.07) is 9.62. The number of fused-ring (bicyclic) bond motifs is 1. The van der Waals surface area contributed by atoms with Crippen molar-refractivity contribution in [3.05, 3.63) is 57.0 Å². The van der Waals surface area contributed by atoms with E-state index in [0.717, 1.165) is 0 Å². The largest absolute Gasteiger partial charge is 0.492 e. The zero-order valence-electron chi connectivity index (χ0n) is 11.7. The first-order valence-corrected chi connectivity index (χ1v) is 7.84. The van der Waals surface area contributed by atoms with Gasteiger partial charge in [-0.15, -0.1) is 0 Å². The van der Waals surface area contributed by atoms with Crippen LogP contribution >= 0.6 is 34.8 Å². The third kappa shape index (κ3) is 3.29. The van der Waals surface area contributed by atoms with Gasteiger partial charge in [0.05, 0.1) is 17.8 Å². The van der Waals surface area contributed by atoms with Crippen LogP contribution in [0.1, 0.15) is 10.4 Å².